The molecule has 0 aliphatic carbocycles. The van der Waals surface area contributed by atoms with Crippen LogP contribution < -0.4 is 0 Å². The lowest BCUT2D eigenvalue weighted by atomic mass is 10.1. The van der Waals surface area contributed by atoms with Crippen LogP contribution in [0.2, 0.25) is 0 Å². The Kier molecular flexibility index (Phi) is 5.67. The summed E-state index contributed by atoms with van der Waals surface area (Å²) in [4.78, 5) is 29.2. The van der Waals surface area contributed by atoms with Gasteiger partial charge in [0.1, 0.15) is 17.4 Å². The molecule has 4 rings (SSSR count). The quantitative estimate of drug-likeness (QED) is 0.831. The topological polar surface area (TPSA) is 74.0 Å². The summed E-state index contributed by atoms with van der Waals surface area (Å²) in [6, 6.07) is 9.49. The Hall–Kier alpha value is -2.34. The van der Waals surface area contributed by atoms with Crippen molar-refractivity contribution in [3.8, 4) is 0 Å². The minimum atomic E-state index is -0.356. The van der Waals surface area contributed by atoms with E-state index in [0.29, 0.717) is 32.4 Å². The van der Waals surface area contributed by atoms with E-state index < -0.39 is 0 Å². The van der Waals surface area contributed by atoms with Crippen LogP contribution in [0.25, 0.3) is 11.0 Å². The Bertz CT molecular complexity index is 813. The largest absolute Gasteiger partial charge is 0.461 e. The van der Waals surface area contributed by atoms with Crippen molar-refractivity contribution in [3.63, 3.8) is 0 Å². The first kappa shape index (κ1) is 19.0. The van der Waals surface area contributed by atoms with Gasteiger partial charge >= 0.3 is 0 Å². The van der Waals surface area contributed by atoms with Gasteiger partial charge in [0.05, 0.1) is 12.6 Å². The van der Waals surface area contributed by atoms with Crippen molar-refractivity contribution in [1.29, 1.82) is 0 Å². The molecule has 3 heterocycles. The van der Waals surface area contributed by atoms with E-state index in [2.05, 4.69) is 0 Å². The molecule has 2 aliphatic rings. The number of para-hydroxylation sites is 1. The highest BCUT2D eigenvalue weighted by molar-refractivity contribution is 5.88. The maximum atomic E-state index is 12.9. The Labute approximate surface area is 165 Å². The molecule has 2 aromatic rings. The molecule has 2 aliphatic heterocycles. The van der Waals surface area contributed by atoms with Crippen LogP contribution in [0.4, 0.5) is 0 Å². The first-order valence-electron chi connectivity index (χ1n) is 10.4. The van der Waals surface area contributed by atoms with Crippen molar-refractivity contribution in [3.05, 3.63) is 36.1 Å². The first-order valence-corrected chi connectivity index (χ1v) is 10.4. The molecule has 6 heteroatoms. The lowest BCUT2D eigenvalue weighted by Gasteiger charge is -2.30. The van der Waals surface area contributed by atoms with Gasteiger partial charge in [-0.3, -0.25) is 9.59 Å². The van der Waals surface area contributed by atoms with Crippen LogP contribution in [0.1, 0.15) is 44.3 Å². The summed E-state index contributed by atoms with van der Waals surface area (Å²) in [6.45, 7) is 1.34. The predicted molar refractivity (Wildman–Crippen MR) is 106 cm³/mol. The molecule has 2 saturated heterocycles. The maximum Gasteiger partial charge on any atom is 0.245 e. The van der Waals surface area contributed by atoms with Gasteiger partial charge in [0.25, 0.3) is 0 Å². The van der Waals surface area contributed by atoms with Crippen molar-refractivity contribution >= 4 is 22.8 Å². The molecule has 150 valence electrons. The van der Waals surface area contributed by atoms with E-state index in [0.717, 1.165) is 42.4 Å². The van der Waals surface area contributed by atoms with Gasteiger partial charge in [0.2, 0.25) is 11.8 Å². The van der Waals surface area contributed by atoms with Crippen molar-refractivity contribution in [2.24, 2.45) is 0 Å². The van der Waals surface area contributed by atoms with Gasteiger partial charge in [-0.05, 0) is 44.2 Å². The summed E-state index contributed by atoms with van der Waals surface area (Å²) in [5.41, 5.74) is 0.873. The second kappa shape index (κ2) is 8.35. The molecule has 28 heavy (non-hydrogen) atoms. The lowest BCUT2D eigenvalue weighted by Crippen LogP contribution is -2.50. The minimum Gasteiger partial charge on any atom is -0.461 e. The van der Waals surface area contributed by atoms with E-state index in [9.17, 15) is 14.7 Å². The highest BCUT2D eigenvalue weighted by atomic mass is 16.3. The van der Waals surface area contributed by atoms with Crippen molar-refractivity contribution in [2.45, 2.75) is 57.0 Å². The third-order valence-corrected chi connectivity index (χ3v) is 6.02. The number of fused-ring (bicyclic) bond motifs is 1. The Morgan fingerprint density at radius 3 is 2.71 bits per heavy atom. The molecule has 1 N–H and O–H groups in total. The lowest BCUT2D eigenvalue weighted by molar-refractivity contribution is -0.144. The maximum absolute atomic E-state index is 12.9. The number of aliphatic hydroxyl groups excluding tert-OH is 1. The minimum absolute atomic E-state index is 0.00388. The third-order valence-electron chi connectivity index (χ3n) is 6.02. The highest BCUT2D eigenvalue weighted by Crippen LogP contribution is 2.26. The fourth-order valence-corrected chi connectivity index (χ4v) is 4.55. The second-order valence-electron chi connectivity index (χ2n) is 7.86. The first-order chi connectivity index (χ1) is 13.7. The molecule has 1 aromatic heterocycles. The third kappa shape index (κ3) is 3.78. The van der Waals surface area contributed by atoms with E-state index >= 15 is 0 Å². The van der Waals surface area contributed by atoms with Gasteiger partial charge in [-0.25, -0.2) is 0 Å². The molecule has 0 spiro atoms. The van der Waals surface area contributed by atoms with Crippen LogP contribution >= 0.6 is 0 Å². The molecule has 0 radical (unpaired) electrons. The standard InChI is InChI=1S/C22H28N2O4/c25-15-17-7-4-12-23(17)22(27)19-9-5-13-24(19)21(26)11-3-8-18-14-16-6-1-2-10-20(16)28-18/h1-2,6,10,14,17,19,25H,3-5,7-9,11-13,15H2/t17-,19-/m0/s1. The summed E-state index contributed by atoms with van der Waals surface area (Å²) in [6.07, 6.45) is 5.20. The monoisotopic (exact) mass is 384 g/mol. The SMILES string of the molecule is O=C([C@@H]1CCCN1C(=O)CCCc1cc2ccccc2o1)N1CCC[C@H]1CO. The summed E-state index contributed by atoms with van der Waals surface area (Å²) >= 11 is 0. The molecule has 1 aromatic carbocycles. The molecular weight excluding hydrogens is 356 g/mol. The van der Waals surface area contributed by atoms with Crippen LogP contribution in [-0.2, 0) is 16.0 Å². The average molecular weight is 384 g/mol. The number of benzene rings is 1. The van der Waals surface area contributed by atoms with Crippen molar-refractivity contribution in [2.75, 3.05) is 19.7 Å². The van der Waals surface area contributed by atoms with Crippen molar-refractivity contribution in [1.82, 2.24) is 9.80 Å². The number of rotatable bonds is 6. The van der Waals surface area contributed by atoms with E-state index in [1.54, 1.807) is 9.80 Å². The number of hydrogen-bond donors (Lipinski definition) is 1. The molecule has 2 amide bonds. The number of likely N-dealkylation sites (tertiary alicyclic amines) is 2. The van der Waals surface area contributed by atoms with E-state index in [-0.39, 0.29) is 30.5 Å². The fourth-order valence-electron chi connectivity index (χ4n) is 4.55. The van der Waals surface area contributed by atoms with Crippen molar-refractivity contribution < 1.29 is 19.1 Å². The number of aryl methyl sites for hydroxylation is 1. The molecule has 6 nitrogen and oxygen atoms in total. The van der Waals surface area contributed by atoms with Crippen LogP contribution in [0.5, 0.6) is 0 Å². The number of hydrogen-bond acceptors (Lipinski definition) is 4. The highest BCUT2D eigenvalue weighted by Gasteiger charge is 2.39. The molecular formula is C22H28N2O4. The van der Waals surface area contributed by atoms with Gasteiger partial charge in [0.15, 0.2) is 0 Å². The van der Waals surface area contributed by atoms with E-state index in [1.165, 1.54) is 0 Å². The zero-order valence-electron chi connectivity index (χ0n) is 16.2. The summed E-state index contributed by atoms with van der Waals surface area (Å²) in [5.74, 6) is 0.956. The number of carbonyl (C=O) groups excluding carboxylic acids is 2. The Balaban J connectivity index is 1.32. The number of furan rings is 1. The molecule has 2 atom stereocenters. The van der Waals surface area contributed by atoms with Gasteiger partial charge in [-0.15, -0.1) is 0 Å². The summed E-state index contributed by atoms with van der Waals surface area (Å²) in [5, 5.41) is 10.6. The Morgan fingerprint density at radius 2 is 1.89 bits per heavy atom. The summed E-state index contributed by atoms with van der Waals surface area (Å²) < 4.78 is 5.82. The fraction of sp³-hybridized carbons (Fsp3) is 0.545. The van der Waals surface area contributed by atoms with Crippen LogP contribution in [0.3, 0.4) is 0 Å². The predicted octanol–water partition coefficient (Wildman–Crippen LogP) is 2.73. The molecule has 0 bridgehead atoms. The smallest absolute Gasteiger partial charge is 0.245 e. The van der Waals surface area contributed by atoms with Gasteiger partial charge in [-0.2, -0.15) is 0 Å². The van der Waals surface area contributed by atoms with Crippen LogP contribution in [-0.4, -0.2) is 58.5 Å². The number of carbonyl (C=O) groups is 2. The van der Waals surface area contributed by atoms with E-state index in [1.807, 2.05) is 30.3 Å². The van der Waals surface area contributed by atoms with Gasteiger partial charge < -0.3 is 19.3 Å². The second-order valence-corrected chi connectivity index (χ2v) is 7.86. The Morgan fingerprint density at radius 1 is 1.11 bits per heavy atom. The van der Waals surface area contributed by atoms with Crippen LogP contribution in [0.15, 0.2) is 34.7 Å². The van der Waals surface area contributed by atoms with Crippen LogP contribution in [0, 0.1) is 0 Å². The number of aliphatic hydroxyl groups is 1. The van der Waals surface area contributed by atoms with Gasteiger partial charge in [-0.1, -0.05) is 18.2 Å². The molecule has 0 unspecified atom stereocenters. The number of amides is 2. The average Bonchev–Trinajstić information content (AvgIpc) is 3.45. The molecule has 2 fully saturated rings. The molecule has 0 saturated carbocycles. The zero-order valence-corrected chi connectivity index (χ0v) is 16.2. The van der Waals surface area contributed by atoms with E-state index in [4.69, 9.17) is 4.42 Å². The van der Waals surface area contributed by atoms with Gasteiger partial charge in [0, 0.05) is 31.3 Å². The summed E-state index contributed by atoms with van der Waals surface area (Å²) in [7, 11) is 0. The number of nitrogens with zero attached hydrogens (tertiary/aromatic N) is 2. The normalized spacial score (nSPS) is 22.3. The zero-order chi connectivity index (χ0) is 19.5.